The highest BCUT2D eigenvalue weighted by atomic mass is 16.7. The molecule has 29 heavy (non-hydrogen) atoms. The molecule has 8 nitrogen and oxygen atoms in total. The van der Waals surface area contributed by atoms with Gasteiger partial charge in [-0.3, -0.25) is 15.1 Å². The molecule has 8 heteroatoms. The molecule has 0 amide bonds. The van der Waals surface area contributed by atoms with Gasteiger partial charge < -0.3 is 14.3 Å². The lowest BCUT2D eigenvalue weighted by atomic mass is 10.1. The van der Waals surface area contributed by atoms with Crippen molar-refractivity contribution in [2.45, 2.75) is 6.42 Å². The third-order valence-electron chi connectivity index (χ3n) is 4.38. The van der Waals surface area contributed by atoms with E-state index in [1.807, 2.05) is 36.4 Å². The third kappa shape index (κ3) is 3.91. The van der Waals surface area contributed by atoms with Crippen LogP contribution in [0.25, 0.3) is 22.1 Å². The zero-order valence-electron chi connectivity index (χ0n) is 14.9. The Labute approximate surface area is 164 Å². The van der Waals surface area contributed by atoms with Crippen LogP contribution in [-0.2, 0) is 6.42 Å². The van der Waals surface area contributed by atoms with Crippen LogP contribution in [0.1, 0.15) is 11.3 Å². The second-order valence-corrected chi connectivity index (χ2v) is 6.30. The number of nitrogens with zero attached hydrogens (tertiary/aromatic N) is 2. The molecule has 0 saturated carbocycles. The maximum absolute atomic E-state index is 11.1. The quantitative estimate of drug-likeness (QED) is 0.219. The van der Waals surface area contributed by atoms with Crippen molar-refractivity contribution < 1.29 is 24.0 Å². The van der Waals surface area contributed by atoms with Gasteiger partial charge in [-0.05, 0) is 35.9 Å². The standard InChI is InChI=1S/C21H14N2O6/c24-21(25)29-20-6-4-17(23(26)27)9-16(20)11-18-10-15-8-13(3-5-19(15)28-18)14-2-1-7-22-12-14/h1-10,12H,11H2,(H,24,25). The molecule has 2 aromatic heterocycles. The number of pyridine rings is 1. The lowest BCUT2D eigenvalue weighted by Gasteiger charge is -2.06. The van der Waals surface area contributed by atoms with Crippen LogP contribution >= 0.6 is 0 Å². The number of fused-ring (bicyclic) bond motifs is 1. The fourth-order valence-corrected chi connectivity index (χ4v) is 3.10. The minimum Gasteiger partial charge on any atom is -0.461 e. The van der Waals surface area contributed by atoms with E-state index in [9.17, 15) is 14.9 Å². The Kier molecular flexibility index (Phi) is 4.66. The van der Waals surface area contributed by atoms with Crippen molar-refractivity contribution in [1.82, 2.24) is 4.98 Å². The number of rotatable bonds is 5. The average molecular weight is 390 g/mol. The normalized spacial score (nSPS) is 10.8. The average Bonchev–Trinajstić information content (AvgIpc) is 3.11. The highest BCUT2D eigenvalue weighted by Gasteiger charge is 2.16. The van der Waals surface area contributed by atoms with Gasteiger partial charge in [-0.25, -0.2) is 4.79 Å². The van der Waals surface area contributed by atoms with Crippen molar-refractivity contribution in [2.24, 2.45) is 0 Å². The summed E-state index contributed by atoms with van der Waals surface area (Å²) in [7, 11) is 0. The molecule has 2 aromatic carbocycles. The molecule has 0 radical (unpaired) electrons. The zero-order valence-corrected chi connectivity index (χ0v) is 14.9. The van der Waals surface area contributed by atoms with Gasteiger partial charge in [-0.1, -0.05) is 12.1 Å². The first-order valence-electron chi connectivity index (χ1n) is 8.60. The molecule has 0 bridgehead atoms. The van der Waals surface area contributed by atoms with Gasteiger partial charge in [-0.15, -0.1) is 0 Å². The Morgan fingerprint density at radius 3 is 2.72 bits per heavy atom. The number of benzene rings is 2. The second-order valence-electron chi connectivity index (χ2n) is 6.30. The number of carboxylic acid groups (broad SMARTS) is 1. The molecule has 0 aliphatic carbocycles. The molecule has 2 heterocycles. The number of nitro benzene ring substituents is 1. The summed E-state index contributed by atoms with van der Waals surface area (Å²) in [6, 6.07) is 15.1. The number of aromatic nitrogens is 1. The van der Waals surface area contributed by atoms with Crippen LogP contribution in [0.4, 0.5) is 10.5 Å². The van der Waals surface area contributed by atoms with Crippen molar-refractivity contribution in [3.05, 3.63) is 88.4 Å². The van der Waals surface area contributed by atoms with Crippen molar-refractivity contribution >= 4 is 22.8 Å². The van der Waals surface area contributed by atoms with E-state index in [1.54, 1.807) is 12.4 Å². The topological polar surface area (TPSA) is 116 Å². The number of ether oxygens (including phenoxy) is 1. The van der Waals surface area contributed by atoms with Gasteiger partial charge in [0.05, 0.1) is 4.92 Å². The largest absolute Gasteiger partial charge is 0.511 e. The SMILES string of the molecule is O=C(O)Oc1ccc([N+](=O)[O-])cc1Cc1cc2cc(-c3cccnc3)ccc2o1. The van der Waals surface area contributed by atoms with E-state index in [-0.39, 0.29) is 17.9 Å². The third-order valence-corrected chi connectivity index (χ3v) is 4.38. The van der Waals surface area contributed by atoms with E-state index < -0.39 is 11.1 Å². The number of non-ortho nitro benzene ring substituents is 1. The van der Waals surface area contributed by atoms with Crippen molar-refractivity contribution in [2.75, 3.05) is 0 Å². The van der Waals surface area contributed by atoms with Crippen LogP contribution in [-0.4, -0.2) is 21.2 Å². The van der Waals surface area contributed by atoms with Crippen molar-refractivity contribution in [1.29, 1.82) is 0 Å². The van der Waals surface area contributed by atoms with Crippen LogP contribution in [0, 0.1) is 10.1 Å². The van der Waals surface area contributed by atoms with Gasteiger partial charge >= 0.3 is 6.16 Å². The summed E-state index contributed by atoms with van der Waals surface area (Å²) < 4.78 is 10.6. The molecule has 144 valence electrons. The van der Waals surface area contributed by atoms with Crippen molar-refractivity contribution in [3.8, 4) is 16.9 Å². The summed E-state index contributed by atoms with van der Waals surface area (Å²) in [5.41, 5.74) is 2.77. The number of carbonyl (C=O) groups is 1. The molecular formula is C21H14N2O6. The van der Waals surface area contributed by atoms with Crippen molar-refractivity contribution in [3.63, 3.8) is 0 Å². The molecule has 1 N–H and O–H groups in total. The summed E-state index contributed by atoms with van der Waals surface area (Å²) in [4.78, 5) is 25.6. The zero-order chi connectivity index (χ0) is 20.4. The molecule has 4 rings (SSSR count). The number of hydrogen-bond acceptors (Lipinski definition) is 6. The Balaban J connectivity index is 1.69. The Bertz CT molecular complexity index is 1220. The Morgan fingerprint density at radius 1 is 1.14 bits per heavy atom. The monoisotopic (exact) mass is 390 g/mol. The minimum atomic E-state index is -1.49. The summed E-state index contributed by atoms with van der Waals surface area (Å²) >= 11 is 0. The highest BCUT2D eigenvalue weighted by molar-refractivity contribution is 5.84. The van der Waals surface area contributed by atoms with E-state index >= 15 is 0 Å². The van der Waals surface area contributed by atoms with Crippen LogP contribution < -0.4 is 4.74 Å². The Morgan fingerprint density at radius 2 is 2.00 bits per heavy atom. The van der Waals surface area contributed by atoms with Gasteiger partial charge in [0, 0.05) is 47.5 Å². The molecular weight excluding hydrogens is 376 g/mol. The number of furan rings is 1. The van der Waals surface area contributed by atoms with E-state index in [2.05, 4.69) is 4.98 Å². The number of hydrogen-bond donors (Lipinski definition) is 1. The first kappa shape index (κ1) is 18.2. The van der Waals surface area contributed by atoms with Gasteiger partial charge in [0.2, 0.25) is 0 Å². The molecule has 0 spiro atoms. The minimum absolute atomic E-state index is 0.0274. The molecule has 0 fully saturated rings. The number of nitro groups is 1. The second kappa shape index (κ2) is 7.43. The summed E-state index contributed by atoms with van der Waals surface area (Å²) in [5.74, 6) is 0.554. The highest BCUT2D eigenvalue weighted by Crippen LogP contribution is 2.31. The first-order valence-corrected chi connectivity index (χ1v) is 8.60. The van der Waals surface area contributed by atoms with Gasteiger partial charge in [0.25, 0.3) is 5.69 Å². The van der Waals surface area contributed by atoms with Gasteiger partial charge in [-0.2, -0.15) is 0 Å². The van der Waals surface area contributed by atoms with E-state index in [0.717, 1.165) is 16.5 Å². The lowest BCUT2D eigenvalue weighted by Crippen LogP contribution is -2.06. The van der Waals surface area contributed by atoms with Gasteiger partial charge in [0.15, 0.2) is 0 Å². The van der Waals surface area contributed by atoms with E-state index in [0.29, 0.717) is 16.9 Å². The maximum Gasteiger partial charge on any atom is 0.511 e. The molecule has 0 atom stereocenters. The van der Waals surface area contributed by atoms with E-state index in [4.69, 9.17) is 14.3 Å². The fraction of sp³-hybridized carbons (Fsp3) is 0.0476. The molecule has 0 aliphatic rings. The van der Waals surface area contributed by atoms with Crippen LogP contribution in [0.2, 0.25) is 0 Å². The smallest absolute Gasteiger partial charge is 0.461 e. The van der Waals surface area contributed by atoms with Crippen LogP contribution in [0.5, 0.6) is 5.75 Å². The summed E-state index contributed by atoms with van der Waals surface area (Å²) in [6.45, 7) is 0. The molecule has 0 unspecified atom stereocenters. The van der Waals surface area contributed by atoms with E-state index in [1.165, 1.54) is 18.2 Å². The Hall–Kier alpha value is -4.20. The van der Waals surface area contributed by atoms with Crippen LogP contribution in [0.15, 0.2) is 71.4 Å². The lowest BCUT2D eigenvalue weighted by molar-refractivity contribution is -0.384. The van der Waals surface area contributed by atoms with Gasteiger partial charge in [0.1, 0.15) is 17.1 Å². The predicted octanol–water partition coefficient (Wildman–Crippen LogP) is 5.05. The molecule has 4 aromatic rings. The molecule has 0 aliphatic heterocycles. The van der Waals surface area contributed by atoms with Crippen LogP contribution in [0.3, 0.4) is 0 Å². The first-order chi connectivity index (χ1) is 14.0. The maximum atomic E-state index is 11.1. The fourth-order valence-electron chi connectivity index (χ4n) is 3.10. The summed E-state index contributed by atoms with van der Waals surface area (Å²) in [6.07, 6.45) is 2.11. The summed E-state index contributed by atoms with van der Waals surface area (Å²) in [5, 5.41) is 20.8. The predicted molar refractivity (Wildman–Crippen MR) is 104 cm³/mol. The molecule has 0 saturated heterocycles.